The zero-order valence-electron chi connectivity index (χ0n) is 47.4. The van der Waals surface area contributed by atoms with Gasteiger partial charge < -0.3 is 28.5 Å². The van der Waals surface area contributed by atoms with Crippen molar-refractivity contribution in [3.8, 4) is 0 Å². The number of ether oxygens (including phenoxy) is 1. The van der Waals surface area contributed by atoms with Gasteiger partial charge in [-0.15, -0.1) is 0 Å². The zero-order valence-corrected chi connectivity index (χ0v) is 48.3. The smallest absolute Gasteiger partial charge is 0.306 e. The molecular formula is C62H111N2O7P. The Kier molecular flexibility index (Phi) is 49.6. The minimum absolute atomic E-state index is 0.0335. The summed E-state index contributed by atoms with van der Waals surface area (Å²) in [4.78, 5) is 39.9. The number of phosphoric ester groups is 1. The fourth-order valence-electron chi connectivity index (χ4n) is 8.01. The third-order valence-electron chi connectivity index (χ3n) is 12.6. The molecule has 0 fully saturated rings. The molecule has 1 amide bonds. The molecule has 416 valence electrons. The van der Waals surface area contributed by atoms with Gasteiger partial charge in [-0.1, -0.05) is 215 Å². The zero-order chi connectivity index (χ0) is 52.9. The van der Waals surface area contributed by atoms with E-state index in [0.29, 0.717) is 23.9 Å². The van der Waals surface area contributed by atoms with Gasteiger partial charge in [-0.2, -0.15) is 0 Å². The Balaban J connectivity index is 5.41. The molecular weight excluding hydrogens is 916 g/mol. The second-order valence-corrected chi connectivity index (χ2v) is 22.2. The van der Waals surface area contributed by atoms with Crippen LogP contribution >= 0.6 is 7.82 Å². The van der Waals surface area contributed by atoms with E-state index in [0.717, 1.165) is 96.3 Å². The predicted octanol–water partition coefficient (Wildman–Crippen LogP) is 17.2. The lowest BCUT2D eigenvalue weighted by atomic mass is 10.0. The molecule has 0 saturated heterocycles. The number of carbonyl (C=O) groups is 2. The van der Waals surface area contributed by atoms with Crippen LogP contribution in [0.1, 0.15) is 245 Å². The molecule has 10 heteroatoms. The predicted molar refractivity (Wildman–Crippen MR) is 307 cm³/mol. The van der Waals surface area contributed by atoms with E-state index in [9.17, 15) is 19.0 Å². The summed E-state index contributed by atoms with van der Waals surface area (Å²) >= 11 is 0. The molecule has 0 aromatic rings. The van der Waals surface area contributed by atoms with Crippen LogP contribution in [0, 0.1) is 0 Å². The Morgan fingerprint density at radius 2 is 0.889 bits per heavy atom. The fraction of sp³-hybridized carbons (Fsp3) is 0.742. The van der Waals surface area contributed by atoms with Crippen LogP contribution in [0.15, 0.2) is 85.1 Å². The highest BCUT2D eigenvalue weighted by molar-refractivity contribution is 7.45. The summed E-state index contributed by atoms with van der Waals surface area (Å²) in [5.41, 5.74) is 0. The standard InChI is InChI=1S/C62H111N2O7P/c1-7-10-13-16-19-22-25-28-30-31-32-33-34-36-39-42-45-48-51-54-61(65)63-59(58-70-72(67,68)69-57-56-64(4,5)6)60(53-50-47-44-41-38-35-27-24-21-18-15-12-9-3)71-62(66)55-52-49-46-43-40-37-29-26-23-20-17-14-11-8-2/h11,14,19-20,22-23,28,30,32-33,36,39,50,53,59-60H,7-10,12-13,15-18,21,24-27,29,31,34-35,37-38,40-49,51-52,54-58H2,1-6H3,(H-,63,65,67,68)/b14-11+,22-19-,23-20+,30-28-,33-32-,39-36-,53-50-. The topological polar surface area (TPSA) is 114 Å². The summed E-state index contributed by atoms with van der Waals surface area (Å²) in [5, 5.41) is 3.00. The van der Waals surface area contributed by atoms with Crippen molar-refractivity contribution in [2.75, 3.05) is 40.9 Å². The van der Waals surface area contributed by atoms with Crippen LogP contribution in [0.5, 0.6) is 0 Å². The minimum atomic E-state index is -4.71. The Morgan fingerprint density at radius 3 is 1.38 bits per heavy atom. The third-order valence-corrected chi connectivity index (χ3v) is 13.5. The third kappa shape index (κ3) is 52.1. The second-order valence-electron chi connectivity index (χ2n) is 20.8. The molecule has 0 radical (unpaired) electrons. The molecule has 72 heavy (non-hydrogen) atoms. The largest absolute Gasteiger partial charge is 0.756 e. The molecule has 0 rings (SSSR count). The van der Waals surface area contributed by atoms with E-state index in [2.05, 4.69) is 99.0 Å². The summed E-state index contributed by atoms with van der Waals surface area (Å²) in [5.74, 6) is -0.589. The molecule has 0 aromatic heterocycles. The number of hydrogen-bond donors (Lipinski definition) is 1. The van der Waals surface area contributed by atoms with Crippen LogP contribution in [0.3, 0.4) is 0 Å². The van der Waals surface area contributed by atoms with Crippen LogP contribution in [0.4, 0.5) is 0 Å². The van der Waals surface area contributed by atoms with Crippen molar-refractivity contribution in [3.63, 3.8) is 0 Å². The lowest BCUT2D eigenvalue weighted by molar-refractivity contribution is -0.870. The van der Waals surface area contributed by atoms with E-state index >= 15 is 0 Å². The first-order valence-electron chi connectivity index (χ1n) is 29.4. The monoisotopic (exact) mass is 1030 g/mol. The van der Waals surface area contributed by atoms with Crippen LogP contribution in [-0.2, 0) is 27.9 Å². The summed E-state index contributed by atoms with van der Waals surface area (Å²) in [6.07, 6.45) is 66.9. The fourth-order valence-corrected chi connectivity index (χ4v) is 8.74. The number of quaternary nitrogens is 1. The average Bonchev–Trinajstić information content (AvgIpc) is 3.34. The number of allylic oxidation sites excluding steroid dienone is 13. The molecule has 0 aliphatic heterocycles. The van der Waals surface area contributed by atoms with Crippen LogP contribution in [-0.4, -0.2) is 69.4 Å². The number of rotatable bonds is 52. The number of nitrogens with zero attached hydrogens (tertiary/aromatic N) is 1. The molecule has 3 atom stereocenters. The van der Waals surface area contributed by atoms with Gasteiger partial charge in [-0.05, 0) is 102 Å². The highest BCUT2D eigenvalue weighted by Crippen LogP contribution is 2.38. The average molecular weight is 1030 g/mol. The van der Waals surface area contributed by atoms with Crippen molar-refractivity contribution in [1.82, 2.24) is 5.32 Å². The second kappa shape index (κ2) is 51.7. The highest BCUT2D eigenvalue weighted by Gasteiger charge is 2.27. The van der Waals surface area contributed by atoms with E-state index in [4.69, 9.17) is 13.8 Å². The SMILES string of the molecule is CC/C=C/C/C=C/CCCCCCCCCC(=O)OC(/C=C\CCCCCCCCCCCCC)C(COP(=O)([O-])OCC[N+](C)(C)C)NC(=O)CCCCC/C=C\C/C=C\C/C=C\C/C=C\CCCCC. The van der Waals surface area contributed by atoms with Crippen molar-refractivity contribution in [2.24, 2.45) is 0 Å². The van der Waals surface area contributed by atoms with Gasteiger partial charge in [-0.3, -0.25) is 14.2 Å². The summed E-state index contributed by atoms with van der Waals surface area (Å²) in [6.45, 7) is 6.67. The van der Waals surface area contributed by atoms with Crippen LogP contribution in [0.2, 0.25) is 0 Å². The summed E-state index contributed by atoms with van der Waals surface area (Å²) in [6, 6.07) is -0.911. The van der Waals surface area contributed by atoms with Gasteiger partial charge in [0.2, 0.25) is 5.91 Å². The van der Waals surface area contributed by atoms with Crippen LogP contribution < -0.4 is 10.2 Å². The molecule has 1 N–H and O–H groups in total. The van der Waals surface area contributed by atoms with E-state index < -0.39 is 26.6 Å². The van der Waals surface area contributed by atoms with Gasteiger partial charge in [0.15, 0.2) is 0 Å². The maximum absolute atomic E-state index is 13.5. The first-order valence-corrected chi connectivity index (χ1v) is 30.9. The van der Waals surface area contributed by atoms with Crippen molar-refractivity contribution in [1.29, 1.82) is 0 Å². The summed E-state index contributed by atoms with van der Waals surface area (Å²) < 4.78 is 30.2. The molecule has 0 spiro atoms. The van der Waals surface area contributed by atoms with Gasteiger partial charge in [0, 0.05) is 12.8 Å². The molecule has 0 aromatic carbocycles. The van der Waals surface area contributed by atoms with Crippen LogP contribution in [0.25, 0.3) is 0 Å². The molecule has 0 heterocycles. The number of hydrogen-bond acceptors (Lipinski definition) is 7. The number of phosphoric acid groups is 1. The maximum Gasteiger partial charge on any atom is 0.306 e. The molecule has 0 saturated carbocycles. The minimum Gasteiger partial charge on any atom is -0.756 e. The Hall–Kier alpha value is -2.81. The van der Waals surface area contributed by atoms with Crippen molar-refractivity contribution >= 4 is 19.7 Å². The van der Waals surface area contributed by atoms with E-state index in [-0.39, 0.29) is 31.3 Å². The number of likely N-dealkylation sites (N-methyl/N-ethyl adjacent to an activating group) is 1. The molecule has 9 nitrogen and oxygen atoms in total. The van der Waals surface area contributed by atoms with Crippen molar-refractivity contribution < 1.29 is 37.3 Å². The molecule has 3 unspecified atom stereocenters. The first kappa shape index (κ1) is 69.2. The molecule has 0 aliphatic carbocycles. The van der Waals surface area contributed by atoms with Gasteiger partial charge in [0.05, 0.1) is 33.8 Å². The number of amides is 1. The molecule has 0 aliphatic rings. The normalized spacial score (nSPS) is 14.4. The van der Waals surface area contributed by atoms with E-state index in [1.807, 2.05) is 33.3 Å². The number of esters is 1. The summed E-state index contributed by atoms with van der Waals surface area (Å²) in [7, 11) is 1.15. The number of unbranched alkanes of at least 4 members (excludes halogenated alkanes) is 24. The lowest BCUT2D eigenvalue weighted by Crippen LogP contribution is -2.47. The van der Waals surface area contributed by atoms with Gasteiger partial charge in [-0.25, -0.2) is 0 Å². The van der Waals surface area contributed by atoms with Crippen molar-refractivity contribution in [3.05, 3.63) is 85.1 Å². The molecule has 0 bridgehead atoms. The number of carbonyl (C=O) groups excluding carboxylic acids is 2. The van der Waals surface area contributed by atoms with Gasteiger partial charge in [0.1, 0.15) is 19.3 Å². The highest BCUT2D eigenvalue weighted by atomic mass is 31.2. The maximum atomic E-state index is 13.5. The number of nitrogens with one attached hydrogen (secondary N) is 1. The van der Waals surface area contributed by atoms with Gasteiger partial charge in [0.25, 0.3) is 7.82 Å². The Morgan fingerprint density at radius 1 is 0.500 bits per heavy atom. The van der Waals surface area contributed by atoms with Gasteiger partial charge >= 0.3 is 5.97 Å². The quantitative estimate of drug-likeness (QED) is 0.0212. The lowest BCUT2D eigenvalue weighted by Gasteiger charge is -2.30. The van der Waals surface area contributed by atoms with Crippen molar-refractivity contribution in [2.45, 2.75) is 258 Å². The van der Waals surface area contributed by atoms with E-state index in [1.54, 1.807) is 0 Å². The Bertz CT molecular complexity index is 1510. The van der Waals surface area contributed by atoms with E-state index in [1.165, 1.54) is 103 Å². The Labute approximate surface area is 444 Å². The first-order chi connectivity index (χ1) is 34.9.